The van der Waals surface area contributed by atoms with Gasteiger partial charge in [0.05, 0.1) is 22.8 Å². The van der Waals surface area contributed by atoms with E-state index in [1.165, 1.54) is 4.31 Å². The standard InChI is InChI=1S/C25H26N4O2S2/c1-3-28(4-2)33(30,31)23-14-12-21(13-15-23)24-19-32-25(27-22-10-6-5-7-11-22)29(24)18-20-9-8-16-26-17-20/h5-17,19H,3-4,18H2,1-2H3. The van der Waals surface area contributed by atoms with Crippen LogP contribution in [0.15, 0.2) is 94.4 Å². The molecule has 0 aliphatic heterocycles. The van der Waals surface area contributed by atoms with Gasteiger partial charge in [-0.1, -0.05) is 50.2 Å². The van der Waals surface area contributed by atoms with Crippen molar-refractivity contribution in [3.63, 3.8) is 0 Å². The molecule has 8 heteroatoms. The Kier molecular flexibility index (Phi) is 7.17. The van der Waals surface area contributed by atoms with Gasteiger partial charge in [0, 0.05) is 30.9 Å². The topological polar surface area (TPSA) is 67.6 Å². The second-order valence-electron chi connectivity index (χ2n) is 7.41. The fourth-order valence-corrected chi connectivity index (χ4v) is 5.99. The van der Waals surface area contributed by atoms with E-state index < -0.39 is 10.0 Å². The van der Waals surface area contributed by atoms with Gasteiger partial charge in [-0.25, -0.2) is 13.4 Å². The molecule has 0 amide bonds. The van der Waals surface area contributed by atoms with Gasteiger partial charge in [-0.2, -0.15) is 4.31 Å². The van der Waals surface area contributed by atoms with Crippen LogP contribution in [-0.4, -0.2) is 35.4 Å². The minimum absolute atomic E-state index is 0.304. The molecule has 2 aromatic carbocycles. The summed E-state index contributed by atoms with van der Waals surface area (Å²) >= 11 is 1.56. The van der Waals surface area contributed by atoms with Crippen LogP contribution in [0.5, 0.6) is 0 Å². The van der Waals surface area contributed by atoms with Crippen molar-refractivity contribution in [2.75, 3.05) is 13.1 Å². The molecule has 2 aromatic heterocycles. The average molecular weight is 479 g/mol. The number of sulfonamides is 1. The van der Waals surface area contributed by atoms with Gasteiger partial charge in [0.1, 0.15) is 0 Å². The van der Waals surface area contributed by atoms with E-state index >= 15 is 0 Å². The van der Waals surface area contributed by atoms with E-state index in [9.17, 15) is 8.42 Å². The second-order valence-corrected chi connectivity index (χ2v) is 10.2. The quantitative estimate of drug-likeness (QED) is 0.361. The number of hydrogen-bond donors (Lipinski definition) is 0. The van der Waals surface area contributed by atoms with Crippen LogP contribution in [0.2, 0.25) is 0 Å². The van der Waals surface area contributed by atoms with Crippen molar-refractivity contribution in [3.8, 4) is 11.3 Å². The number of hydrogen-bond acceptors (Lipinski definition) is 5. The Balaban J connectivity index is 1.77. The number of thiazole rings is 1. The zero-order valence-corrected chi connectivity index (χ0v) is 20.3. The van der Waals surface area contributed by atoms with Crippen LogP contribution >= 0.6 is 11.3 Å². The minimum atomic E-state index is -3.49. The zero-order valence-electron chi connectivity index (χ0n) is 18.6. The van der Waals surface area contributed by atoms with Crippen molar-refractivity contribution in [1.29, 1.82) is 0 Å². The molecule has 0 radical (unpaired) electrons. The van der Waals surface area contributed by atoms with Crippen molar-refractivity contribution in [2.24, 2.45) is 4.99 Å². The predicted molar refractivity (Wildman–Crippen MR) is 133 cm³/mol. The molecule has 0 atom stereocenters. The maximum Gasteiger partial charge on any atom is 0.243 e. The Bertz CT molecular complexity index is 1360. The Morgan fingerprint density at radius 1 is 0.970 bits per heavy atom. The smallest absolute Gasteiger partial charge is 0.243 e. The first-order valence-electron chi connectivity index (χ1n) is 10.8. The van der Waals surface area contributed by atoms with E-state index in [-0.39, 0.29) is 0 Å². The number of benzene rings is 2. The Morgan fingerprint density at radius 3 is 2.33 bits per heavy atom. The molecule has 0 unspecified atom stereocenters. The second kappa shape index (κ2) is 10.2. The van der Waals surface area contributed by atoms with Crippen LogP contribution in [0.1, 0.15) is 19.4 Å². The SMILES string of the molecule is CCN(CC)S(=O)(=O)c1ccc(-c2csc(=Nc3ccccc3)n2Cc2cccnc2)cc1. The maximum absolute atomic E-state index is 12.9. The average Bonchev–Trinajstić information content (AvgIpc) is 3.23. The monoisotopic (exact) mass is 478 g/mol. The Morgan fingerprint density at radius 2 is 1.70 bits per heavy atom. The van der Waals surface area contributed by atoms with Crippen LogP contribution < -0.4 is 4.80 Å². The van der Waals surface area contributed by atoms with Crippen molar-refractivity contribution in [1.82, 2.24) is 13.9 Å². The van der Waals surface area contributed by atoms with Gasteiger partial charge in [-0.15, -0.1) is 11.3 Å². The summed E-state index contributed by atoms with van der Waals surface area (Å²) in [7, 11) is -3.49. The van der Waals surface area contributed by atoms with E-state index in [0.717, 1.165) is 27.3 Å². The normalized spacial score (nSPS) is 12.4. The molecule has 0 N–H and O–H groups in total. The van der Waals surface area contributed by atoms with Crippen molar-refractivity contribution in [2.45, 2.75) is 25.3 Å². The van der Waals surface area contributed by atoms with Gasteiger partial charge >= 0.3 is 0 Å². The molecule has 0 aliphatic carbocycles. The third-order valence-corrected chi connectivity index (χ3v) is 8.26. The highest BCUT2D eigenvalue weighted by Crippen LogP contribution is 2.25. The molecule has 0 fully saturated rings. The number of para-hydroxylation sites is 1. The summed E-state index contributed by atoms with van der Waals surface area (Å²) < 4.78 is 29.3. The lowest BCUT2D eigenvalue weighted by Crippen LogP contribution is -2.30. The lowest BCUT2D eigenvalue weighted by molar-refractivity contribution is 0.445. The lowest BCUT2D eigenvalue weighted by atomic mass is 10.1. The van der Waals surface area contributed by atoms with Gasteiger partial charge in [0.25, 0.3) is 0 Å². The fraction of sp³-hybridized carbons (Fsp3) is 0.200. The molecule has 0 spiro atoms. The van der Waals surface area contributed by atoms with Gasteiger partial charge in [0.2, 0.25) is 10.0 Å². The molecule has 0 saturated heterocycles. The predicted octanol–water partition coefficient (Wildman–Crippen LogP) is 4.92. The summed E-state index contributed by atoms with van der Waals surface area (Å²) in [5.41, 5.74) is 3.85. The molecule has 0 saturated carbocycles. The third kappa shape index (κ3) is 5.13. The molecule has 0 aliphatic rings. The summed E-state index contributed by atoms with van der Waals surface area (Å²) in [4.78, 5) is 10.2. The molecular weight excluding hydrogens is 452 g/mol. The first-order valence-corrected chi connectivity index (χ1v) is 13.1. The molecule has 4 aromatic rings. The first kappa shape index (κ1) is 23.1. The highest BCUT2D eigenvalue weighted by atomic mass is 32.2. The molecular formula is C25H26N4O2S2. The lowest BCUT2D eigenvalue weighted by Gasteiger charge is -2.18. The number of rotatable bonds is 8. The Hall–Kier alpha value is -3.07. The maximum atomic E-state index is 12.9. The summed E-state index contributed by atoms with van der Waals surface area (Å²) in [6.07, 6.45) is 3.60. The largest absolute Gasteiger partial charge is 0.312 e. The molecule has 6 nitrogen and oxygen atoms in total. The fourth-order valence-electron chi connectivity index (χ4n) is 3.60. The van der Waals surface area contributed by atoms with Crippen molar-refractivity contribution >= 4 is 27.0 Å². The van der Waals surface area contributed by atoms with E-state index in [1.54, 1.807) is 29.7 Å². The van der Waals surface area contributed by atoms with E-state index in [0.29, 0.717) is 24.5 Å². The molecule has 170 valence electrons. The first-order chi connectivity index (χ1) is 16.0. The van der Waals surface area contributed by atoms with E-state index in [1.807, 2.05) is 74.6 Å². The third-order valence-electron chi connectivity index (χ3n) is 5.34. The number of aromatic nitrogens is 2. The summed E-state index contributed by atoms with van der Waals surface area (Å²) in [5.74, 6) is 0. The van der Waals surface area contributed by atoms with Crippen LogP contribution in [-0.2, 0) is 16.6 Å². The van der Waals surface area contributed by atoms with Crippen LogP contribution in [0.4, 0.5) is 5.69 Å². The highest BCUT2D eigenvalue weighted by Gasteiger charge is 2.21. The minimum Gasteiger partial charge on any atom is -0.312 e. The molecule has 2 heterocycles. The highest BCUT2D eigenvalue weighted by molar-refractivity contribution is 7.89. The van der Waals surface area contributed by atoms with E-state index in [2.05, 4.69) is 14.9 Å². The number of nitrogens with zero attached hydrogens (tertiary/aromatic N) is 4. The van der Waals surface area contributed by atoms with Crippen LogP contribution in [0.25, 0.3) is 11.3 Å². The van der Waals surface area contributed by atoms with Gasteiger partial charge in [-0.3, -0.25) is 4.98 Å². The molecule has 4 rings (SSSR count). The summed E-state index contributed by atoms with van der Waals surface area (Å²) in [6.45, 7) is 5.19. The van der Waals surface area contributed by atoms with Gasteiger partial charge < -0.3 is 4.57 Å². The zero-order chi connectivity index (χ0) is 23.3. The molecule has 0 bridgehead atoms. The van der Waals surface area contributed by atoms with Crippen molar-refractivity contribution in [3.05, 3.63) is 94.9 Å². The number of pyridine rings is 1. The van der Waals surface area contributed by atoms with Crippen LogP contribution in [0, 0.1) is 0 Å². The molecule has 33 heavy (non-hydrogen) atoms. The van der Waals surface area contributed by atoms with Crippen molar-refractivity contribution < 1.29 is 8.42 Å². The Labute approximate surface area is 198 Å². The van der Waals surface area contributed by atoms with Crippen LogP contribution in [0.3, 0.4) is 0 Å². The van der Waals surface area contributed by atoms with Gasteiger partial charge in [-0.05, 0) is 41.5 Å². The summed E-state index contributed by atoms with van der Waals surface area (Å²) in [6, 6.07) is 20.9. The van der Waals surface area contributed by atoms with Gasteiger partial charge in [0.15, 0.2) is 4.80 Å². The van der Waals surface area contributed by atoms with E-state index in [4.69, 9.17) is 4.99 Å². The summed E-state index contributed by atoms with van der Waals surface area (Å²) in [5, 5.41) is 2.06.